The van der Waals surface area contributed by atoms with Crippen molar-refractivity contribution in [2.24, 2.45) is 5.41 Å². The van der Waals surface area contributed by atoms with Gasteiger partial charge in [0.2, 0.25) is 0 Å². The van der Waals surface area contributed by atoms with Gasteiger partial charge in [-0.2, -0.15) is 5.26 Å². The monoisotopic (exact) mass is 166 g/mol. The fourth-order valence-corrected chi connectivity index (χ4v) is 2.18. The highest BCUT2D eigenvalue weighted by Gasteiger charge is 2.61. The number of hydrogen-bond donors (Lipinski definition) is 1. The van der Waals surface area contributed by atoms with Crippen LogP contribution in [-0.2, 0) is 0 Å². The molecule has 66 valence electrons. The van der Waals surface area contributed by atoms with Crippen LogP contribution in [0.25, 0.3) is 0 Å². The number of rotatable bonds is 1. The maximum Gasteiger partial charge on any atom is 0.0971 e. The average molecular weight is 166 g/mol. The molecular formula is C9H14N2O. The lowest BCUT2D eigenvalue weighted by Crippen LogP contribution is -2.41. The fourth-order valence-electron chi connectivity index (χ4n) is 2.18. The van der Waals surface area contributed by atoms with Crippen molar-refractivity contribution < 1.29 is 5.11 Å². The first-order valence-corrected chi connectivity index (χ1v) is 4.44. The Morgan fingerprint density at radius 1 is 1.42 bits per heavy atom. The SMILES string of the molecule is CN1CCC(O)(C2(C#N)CC2)C1. The lowest BCUT2D eigenvalue weighted by atomic mass is 9.84. The van der Waals surface area contributed by atoms with Crippen molar-refractivity contribution in [1.82, 2.24) is 4.90 Å². The predicted octanol–water partition coefficient (Wildman–Crippen LogP) is 0.357. The summed E-state index contributed by atoms with van der Waals surface area (Å²) in [4.78, 5) is 2.09. The first kappa shape index (κ1) is 8.03. The Balaban J connectivity index is 2.18. The largest absolute Gasteiger partial charge is 0.387 e. The third kappa shape index (κ3) is 0.886. The molecule has 0 spiro atoms. The Labute approximate surface area is 72.6 Å². The van der Waals surface area contributed by atoms with Crippen LogP contribution in [0.2, 0.25) is 0 Å². The third-order valence-corrected chi connectivity index (χ3v) is 3.29. The molecule has 0 radical (unpaired) electrons. The molecular weight excluding hydrogens is 152 g/mol. The van der Waals surface area contributed by atoms with E-state index < -0.39 is 11.0 Å². The van der Waals surface area contributed by atoms with E-state index in [1.807, 2.05) is 7.05 Å². The van der Waals surface area contributed by atoms with Crippen molar-refractivity contribution in [2.45, 2.75) is 24.9 Å². The van der Waals surface area contributed by atoms with Crippen molar-refractivity contribution >= 4 is 0 Å². The van der Waals surface area contributed by atoms with E-state index in [0.717, 1.165) is 25.8 Å². The van der Waals surface area contributed by atoms with E-state index in [2.05, 4.69) is 11.0 Å². The molecule has 1 aliphatic heterocycles. The second-order valence-electron chi connectivity index (χ2n) is 4.21. The van der Waals surface area contributed by atoms with E-state index in [4.69, 9.17) is 5.26 Å². The summed E-state index contributed by atoms with van der Waals surface area (Å²) in [5.41, 5.74) is -1.10. The Kier molecular flexibility index (Phi) is 1.48. The van der Waals surface area contributed by atoms with Crippen molar-refractivity contribution in [3.8, 4) is 6.07 Å². The molecule has 2 aliphatic rings. The number of nitriles is 1. The van der Waals surface area contributed by atoms with Gasteiger partial charge < -0.3 is 10.0 Å². The molecule has 1 atom stereocenters. The van der Waals surface area contributed by atoms with E-state index >= 15 is 0 Å². The minimum atomic E-state index is -0.712. The highest BCUT2D eigenvalue weighted by molar-refractivity contribution is 5.22. The van der Waals surface area contributed by atoms with E-state index in [1.54, 1.807) is 0 Å². The molecule has 3 nitrogen and oxygen atoms in total. The van der Waals surface area contributed by atoms with Crippen LogP contribution in [0, 0.1) is 16.7 Å². The van der Waals surface area contributed by atoms with Crippen molar-refractivity contribution in [1.29, 1.82) is 5.26 Å². The lowest BCUT2D eigenvalue weighted by molar-refractivity contribution is 0.00224. The Bertz CT molecular complexity index is 241. The van der Waals surface area contributed by atoms with Gasteiger partial charge in [-0.1, -0.05) is 0 Å². The van der Waals surface area contributed by atoms with Crippen LogP contribution in [0.1, 0.15) is 19.3 Å². The quantitative estimate of drug-likeness (QED) is 0.611. The molecule has 1 heterocycles. The summed E-state index contributed by atoms with van der Waals surface area (Å²) in [6.07, 6.45) is 2.53. The Hall–Kier alpha value is -0.590. The summed E-state index contributed by atoms with van der Waals surface area (Å²) < 4.78 is 0. The van der Waals surface area contributed by atoms with Gasteiger partial charge in [0.25, 0.3) is 0 Å². The topological polar surface area (TPSA) is 47.3 Å². The second kappa shape index (κ2) is 2.21. The first-order chi connectivity index (χ1) is 5.62. The molecule has 2 rings (SSSR count). The number of likely N-dealkylation sites (N-methyl/N-ethyl adjacent to an activating group) is 1. The van der Waals surface area contributed by atoms with E-state index in [9.17, 15) is 5.11 Å². The Morgan fingerprint density at radius 3 is 2.42 bits per heavy atom. The number of β-amino-alcohol motifs (C(OH)–C–C–N with tert-alkyl or cyclic N) is 1. The predicted molar refractivity (Wildman–Crippen MR) is 44.3 cm³/mol. The van der Waals surface area contributed by atoms with Gasteiger partial charge in [0.05, 0.1) is 17.1 Å². The van der Waals surface area contributed by atoms with Crippen LogP contribution >= 0.6 is 0 Å². The van der Waals surface area contributed by atoms with Crippen LogP contribution in [0.3, 0.4) is 0 Å². The van der Waals surface area contributed by atoms with Crippen LogP contribution in [0.15, 0.2) is 0 Å². The van der Waals surface area contributed by atoms with Gasteiger partial charge in [-0.3, -0.25) is 0 Å². The molecule has 0 aromatic heterocycles. The summed E-state index contributed by atoms with van der Waals surface area (Å²) >= 11 is 0. The van der Waals surface area contributed by atoms with Gasteiger partial charge in [0, 0.05) is 13.1 Å². The maximum absolute atomic E-state index is 10.2. The summed E-state index contributed by atoms with van der Waals surface area (Å²) in [5.74, 6) is 0. The molecule has 0 amide bonds. The number of hydrogen-bond acceptors (Lipinski definition) is 3. The minimum absolute atomic E-state index is 0.391. The number of likely N-dealkylation sites (tertiary alicyclic amines) is 1. The number of nitrogens with zero attached hydrogens (tertiary/aromatic N) is 2. The van der Waals surface area contributed by atoms with Crippen molar-refractivity contribution in [3.05, 3.63) is 0 Å². The van der Waals surface area contributed by atoms with E-state index in [0.29, 0.717) is 6.54 Å². The zero-order valence-corrected chi connectivity index (χ0v) is 7.38. The van der Waals surface area contributed by atoms with Gasteiger partial charge in [0.15, 0.2) is 0 Å². The smallest absolute Gasteiger partial charge is 0.0971 e. The van der Waals surface area contributed by atoms with E-state index in [-0.39, 0.29) is 0 Å². The van der Waals surface area contributed by atoms with Gasteiger partial charge in [-0.15, -0.1) is 0 Å². The lowest BCUT2D eigenvalue weighted by Gasteiger charge is -2.27. The molecule has 0 bridgehead atoms. The Morgan fingerprint density at radius 2 is 2.08 bits per heavy atom. The molecule has 1 N–H and O–H groups in total. The van der Waals surface area contributed by atoms with Gasteiger partial charge in [-0.25, -0.2) is 0 Å². The van der Waals surface area contributed by atoms with Crippen molar-refractivity contribution in [2.75, 3.05) is 20.1 Å². The summed E-state index contributed by atoms with van der Waals surface area (Å²) in [7, 11) is 1.99. The zero-order chi connectivity index (χ0) is 8.82. The normalized spacial score (nSPS) is 39.4. The van der Waals surface area contributed by atoms with Crippen molar-refractivity contribution in [3.63, 3.8) is 0 Å². The number of aliphatic hydroxyl groups is 1. The first-order valence-electron chi connectivity index (χ1n) is 4.44. The maximum atomic E-state index is 10.2. The van der Waals surface area contributed by atoms with Crippen LogP contribution in [0.5, 0.6) is 0 Å². The van der Waals surface area contributed by atoms with Gasteiger partial charge >= 0.3 is 0 Å². The molecule has 2 fully saturated rings. The van der Waals surface area contributed by atoms with Gasteiger partial charge in [-0.05, 0) is 26.3 Å². The third-order valence-electron chi connectivity index (χ3n) is 3.29. The molecule has 0 aromatic rings. The molecule has 1 saturated heterocycles. The second-order valence-corrected chi connectivity index (χ2v) is 4.21. The fraction of sp³-hybridized carbons (Fsp3) is 0.889. The zero-order valence-electron chi connectivity index (χ0n) is 7.38. The molecule has 3 heteroatoms. The summed E-state index contributed by atoms with van der Waals surface area (Å²) in [5, 5.41) is 19.1. The minimum Gasteiger partial charge on any atom is -0.387 e. The molecule has 1 saturated carbocycles. The molecule has 12 heavy (non-hydrogen) atoms. The summed E-state index contributed by atoms with van der Waals surface area (Å²) in [6.45, 7) is 1.58. The van der Waals surface area contributed by atoms with Crippen LogP contribution in [-0.4, -0.2) is 35.7 Å². The molecule has 0 aromatic carbocycles. The summed E-state index contributed by atoms with van der Waals surface area (Å²) in [6, 6.07) is 2.28. The highest BCUT2D eigenvalue weighted by Crippen LogP contribution is 2.56. The van der Waals surface area contributed by atoms with Gasteiger partial charge in [0.1, 0.15) is 0 Å². The standard InChI is InChI=1S/C9H14N2O/c1-11-5-4-9(12,7-11)8(6-10)2-3-8/h12H,2-5,7H2,1H3. The van der Waals surface area contributed by atoms with Crippen LogP contribution in [0.4, 0.5) is 0 Å². The average Bonchev–Trinajstić information content (AvgIpc) is 2.76. The molecule has 1 unspecified atom stereocenters. The van der Waals surface area contributed by atoms with E-state index in [1.165, 1.54) is 0 Å². The molecule has 1 aliphatic carbocycles. The van der Waals surface area contributed by atoms with Crippen LogP contribution < -0.4 is 0 Å². The highest BCUT2D eigenvalue weighted by atomic mass is 16.3.